The second-order valence-corrected chi connectivity index (χ2v) is 4.56. The largest absolute Gasteiger partial charge is 0.392 e. The Morgan fingerprint density at radius 1 is 1.56 bits per heavy atom. The Hall–Kier alpha value is -1.31. The maximum absolute atomic E-state index is 9.39. The molecule has 6 nitrogen and oxygen atoms in total. The zero-order chi connectivity index (χ0) is 11.0. The van der Waals surface area contributed by atoms with Crippen molar-refractivity contribution in [3.63, 3.8) is 0 Å². The van der Waals surface area contributed by atoms with E-state index in [1.54, 1.807) is 11.7 Å². The summed E-state index contributed by atoms with van der Waals surface area (Å²) in [5.74, 6) is 1.08. The SMILES string of the molecule is OC1CN[C@H](c2nc(-c3cncs3)no2)C1. The number of thiazole rings is 1. The molecule has 2 aromatic heterocycles. The number of nitrogens with one attached hydrogen (secondary N) is 1. The zero-order valence-corrected chi connectivity index (χ0v) is 9.15. The van der Waals surface area contributed by atoms with Crippen LogP contribution < -0.4 is 5.32 Å². The van der Waals surface area contributed by atoms with Gasteiger partial charge in [-0.25, -0.2) is 0 Å². The van der Waals surface area contributed by atoms with Crippen LogP contribution in [0.5, 0.6) is 0 Å². The first kappa shape index (κ1) is 9.88. The van der Waals surface area contributed by atoms with Gasteiger partial charge >= 0.3 is 0 Å². The van der Waals surface area contributed by atoms with Gasteiger partial charge < -0.3 is 14.9 Å². The second kappa shape index (κ2) is 3.93. The lowest BCUT2D eigenvalue weighted by molar-refractivity contribution is 0.191. The molecule has 1 aliphatic heterocycles. The average molecular weight is 238 g/mol. The third-order valence-electron chi connectivity index (χ3n) is 2.50. The molecule has 0 amide bonds. The minimum atomic E-state index is -0.330. The van der Waals surface area contributed by atoms with E-state index in [1.807, 2.05) is 0 Å². The van der Waals surface area contributed by atoms with E-state index in [9.17, 15) is 5.11 Å². The smallest absolute Gasteiger partial charge is 0.244 e. The lowest BCUT2D eigenvalue weighted by Crippen LogP contribution is -2.15. The first-order valence-corrected chi connectivity index (χ1v) is 5.85. The van der Waals surface area contributed by atoms with Crippen molar-refractivity contribution in [3.05, 3.63) is 17.6 Å². The molecule has 0 bridgehead atoms. The number of aromatic nitrogens is 3. The number of hydrogen-bond donors (Lipinski definition) is 2. The lowest BCUT2D eigenvalue weighted by Gasteiger charge is -2.01. The van der Waals surface area contributed by atoms with Gasteiger partial charge in [-0.3, -0.25) is 4.98 Å². The summed E-state index contributed by atoms with van der Waals surface area (Å²) in [6.45, 7) is 0.572. The molecule has 1 fully saturated rings. The number of aliphatic hydroxyl groups is 1. The van der Waals surface area contributed by atoms with Crippen LogP contribution in [0.4, 0.5) is 0 Å². The van der Waals surface area contributed by atoms with Crippen molar-refractivity contribution >= 4 is 11.3 Å². The third kappa shape index (κ3) is 1.73. The van der Waals surface area contributed by atoms with E-state index in [1.165, 1.54) is 11.3 Å². The van der Waals surface area contributed by atoms with Gasteiger partial charge in [0, 0.05) is 12.7 Å². The summed E-state index contributed by atoms with van der Waals surface area (Å²) in [4.78, 5) is 9.13. The fourth-order valence-corrected chi connectivity index (χ4v) is 2.25. The predicted molar refractivity (Wildman–Crippen MR) is 56.8 cm³/mol. The molecule has 1 unspecified atom stereocenters. The Kier molecular flexibility index (Phi) is 2.43. The number of hydrogen-bond acceptors (Lipinski definition) is 7. The van der Waals surface area contributed by atoms with Crippen LogP contribution >= 0.6 is 11.3 Å². The van der Waals surface area contributed by atoms with Crippen LogP contribution in [0, 0.1) is 0 Å². The summed E-state index contributed by atoms with van der Waals surface area (Å²) in [5, 5.41) is 16.4. The Labute approximate surface area is 95.3 Å². The first-order chi connectivity index (χ1) is 7.83. The molecule has 0 saturated carbocycles. The van der Waals surface area contributed by atoms with Gasteiger partial charge in [-0.15, -0.1) is 11.3 Å². The van der Waals surface area contributed by atoms with Crippen LogP contribution in [0.25, 0.3) is 10.7 Å². The highest BCUT2D eigenvalue weighted by atomic mass is 32.1. The van der Waals surface area contributed by atoms with Crippen LogP contribution in [0.1, 0.15) is 18.4 Å². The fraction of sp³-hybridized carbons (Fsp3) is 0.444. The summed E-state index contributed by atoms with van der Waals surface area (Å²) in [5.41, 5.74) is 1.73. The van der Waals surface area contributed by atoms with E-state index in [0.29, 0.717) is 24.7 Å². The van der Waals surface area contributed by atoms with Crippen LogP contribution in [0.3, 0.4) is 0 Å². The van der Waals surface area contributed by atoms with E-state index < -0.39 is 0 Å². The molecule has 7 heteroatoms. The highest BCUT2D eigenvalue weighted by Gasteiger charge is 2.28. The fourth-order valence-electron chi connectivity index (χ4n) is 1.71. The second-order valence-electron chi connectivity index (χ2n) is 3.67. The molecule has 2 aromatic rings. The van der Waals surface area contributed by atoms with Crippen LogP contribution in [-0.4, -0.2) is 32.9 Å². The number of aliphatic hydroxyl groups excluding tert-OH is 1. The van der Waals surface area contributed by atoms with E-state index >= 15 is 0 Å². The predicted octanol–water partition coefficient (Wildman–Crippen LogP) is 0.588. The van der Waals surface area contributed by atoms with Gasteiger partial charge in [0.2, 0.25) is 11.7 Å². The Balaban J connectivity index is 1.83. The summed E-state index contributed by atoms with van der Waals surface area (Å²) in [7, 11) is 0. The monoisotopic (exact) mass is 238 g/mol. The average Bonchev–Trinajstić information content (AvgIpc) is 2.97. The number of β-amino-alcohol motifs (C(OH)–C–C–N with tert-alkyl or cyclic N) is 1. The molecular weight excluding hydrogens is 228 g/mol. The molecule has 1 aliphatic rings. The van der Waals surface area contributed by atoms with E-state index in [0.717, 1.165) is 4.88 Å². The lowest BCUT2D eigenvalue weighted by atomic mass is 10.2. The summed E-state index contributed by atoms with van der Waals surface area (Å²) in [6, 6.07) is -0.0378. The highest BCUT2D eigenvalue weighted by Crippen LogP contribution is 2.25. The van der Waals surface area contributed by atoms with Crippen LogP contribution in [0.2, 0.25) is 0 Å². The van der Waals surface area contributed by atoms with Crippen molar-refractivity contribution in [2.24, 2.45) is 0 Å². The maximum atomic E-state index is 9.39. The maximum Gasteiger partial charge on any atom is 0.244 e. The van der Waals surface area contributed by atoms with Gasteiger partial charge in [-0.2, -0.15) is 4.98 Å². The molecule has 2 N–H and O–H groups in total. The van der Waals surface area contributed by atoms with Crippen LogP contribution in [-0.2, 0) is 0 Å². The number of rotatable bonds is 2. The third-order valence-corrected chi connectivity index (χ3v) is 3.27. The molecule has 84 valence electrons. The normalized spacial score (nSPS) is 25.1. The van der Waals surface area contributed by atoms with Gasteiger partial charge in [-0.05, 0) is 6.42 Å². The highest BCUT2D eigenvalue weighted by molar-refractivity contribution is 7.13. The van der Waals surface area contributed by atoms with Gasteiger partial charge in [0.05, 0.1) is 22.5 Å². The number of nitrogens with zero attached hydrogens (tertiary/aromatic N) is 3. The minimum Gasteiger partial charge on any atom is -0.392 e. The quantitative estimate of drug-likeness (QED) is 0.796. The minimum absolute atomic E-state index is 0.0378. The summed E-state index contributed by atoms with van der Waals surface area (Å²) >= 11 is 1.47. The Morgan fingerprint density at radius 3 is 3.19 bits per heavy atom. The molecular formula is C9H10N4O2S. The van der Waals surface area contributed by atoms with Crippen molar-refractivity contribution in [2.45, 2.75) is 18.6 Å². The topological polar surface area (TPSA) is 84.1 Å². The van der Waals surface area contributed by atoms with Crippen molar-refractivity contribution < 1.29 is 9.63 Å². The molecule has 0 aromatic carbocycles. The van der Waals surface area contributed by atoms with Gasteiger partial charge in [0.25, 0.3) is 0 Å². The molecule has 3 rings (SSSR count). The van der Waals surface area contributed by atoms with Crippen molar-refractivity contribution in [1.29, 1.82) is 0 Å². The van der Waals surface area contributed by atoms with E-state index in [2.05, 4.69) is 20.4 Å². The molecule has 0 spiro atoms. The molecule has 1 saturated heterocycles. The van der Waals surface area contributed by atoms with Crippen molar-refractivity contribution in [1.82, 2.24) is 20.4 Å². The summed E-state index contributed by atoms with van der Waals surface area (Å²) in [6.07, 6.45) is 1.99. The molecule has 16 heavy (non-hydrogen) atoms. The molecule has 0 radical (unpaired) electrons. The summed E-state index contributed by atoms with van der Waals surface area (Å²) < 4.78 is 5.16. The van der Waals surface area contributed by atoms with E-state index in [4.69, 9.17) is 4.52 Å². The zero-order valence-electron chi connectivity index (χ0n) is 8.33. The van der Waals surface area contributed by atoms with Crippen molar-refractivity contribution in [2.75, 3.05) is 6.54 Å². The van der Waals surface area contributed by atoms with Gasteiger partial charge in [-0.1, -0.05) is 5.16 Å². The van der Waals surface area contributed by atoms with Gasteiger partial charge in [0.1, 0.15) is 0 Å². The standard InChI is InChI=1S/C9H10N4O2S/c14-5-1-6(11-2-5)9-12-8(13-15-9)7-3-10-4-16-7/h3-6,11,14H,1-2H2/t5?,6-/m0/s1. The van der Waals surface area contributed by atoms with Gasteiger partial charge in [0.15, 0.2) is 0 Å². The van der Waals surface area contributed by atoms with Crippen molar-refractivity contribution in [3.8, 4) is 10.7 Å². The van der Waals surface area contributed by atoms with E-state index in [-0.39, 0.29) is 12.1 Å². The molecule has 3 heterocycles. The first-order valence-electron chi connectivity index (χ1n) is 4.97. The Bertz CT molecular complexity index is 470. The molecule has 0 aliphatic carbocycles. The molecule has 2 atom stereocenters. The Morgan fingerprint density at radius 2 is 2.50 bits per heavy atom. The van der Waals surface area contributed by atoms with Crippen LogP contribution in [0.15, 0.2) is 16.2 Å².